The molecule has 0 amide bonds. The Hall–Kier alpha value is -1.85. The third kappa shape index (κ3) is 2.11. The van der Waals surface area contributed by atoms with Crippen molar-refractivity contribution in [2.24, 2.45) is 0 Å². The minimum Gasteiger partial charge on any atom is -0.309 e. The number of benzene rings is 1. The molecule has 0 unspecified atom stereocenters. The molecule has 1 N–H and O–H groups in total. The minimum absolute atomic E-state index is 0.140. The molecule has 1 heterocycles. The van der Waals surface area contributed by atoms with Crippen molar-refractivity contribution >= 4 is 10.9 Å². The number of nitrogens with one attached hydrogen (secondary N) is 1. The zero-order valence-corrected chi connectivity index (χ0v) is 9.92. The molecule has 0 spiro atoms. The van der Waals surface area contributed by atoms with Gasteiger partial charge in [0.15, 0.2) is 0 Å². The lowest BCUT2D eigenvalue weighted by molar-refractivity contribution is -0.137. The molecular formula is C13H11F3N2O. The lowest BCUT2D eigenvalue weighted by Crippen LogP contribution is -2.19. The summed E-state index contributed by atoms with van der Waals surface area (Å²) in [6.45, 7) is 0. The molecule has 1 aromatic carbocycles. The van der Waals surface area contributed by atoms with Crippen LogP contribution in [-0.4, -0.2) is 9.97 Å². The summed E-state index contributed by atoms with van der Waals surface area (Å²) in [7, 11) is 0. The van der Waals surface area contributed by atoms with E-state index in [2.05, 4.69) is 9.97 Å². The van der Waals surface area contributed by atoms with Crippen molar-refractivity contribution < 1.29 is 13.2 Å². The molecule has 1 saturated carbocycles. The molecule has 1 fully saturated rings. The van der Waals surface area contributed by atoms with E-state index in [1.165, 1.54) is 6.07 Å². The summed E-state index contributed by atoms with van der Waals surface area (Å²) >= 11 is 0. The molecule has 0 aliphatic heterocycles. The number of halogens is 3. The summed E-state index contributed by atoms with van der Waals surface area (Å²) in [5.74, 6) is 0.140. The van der Waals surface area contributed by atoms with Crippen LogP contribution in [0.3, 0.4) is 0 Å². The summed E-state index contributed by atoms with van der Waals surface area (Å²) in [5.41, 5.74) is -0.311. The highest BCUT2D eigenvalue weighted by atomic mass is 19.4. The normalized spacial score (nSPS) is 16.6. The van der Waals surface area contributed by atoms with Gasteiger partial charge in [-0.1, -0.05) is 6.42 Å². The zero-order valence-electron chi connectivity index (χ0n) is 9.92. The monoisotopic (exact) mass is 268 g/mol. The summed E-state index contributed by atoms with van der Waals surface area (Å²) in [5, 5.41) is 0.402. The van der Waals surface area contributed by atoms with Crippen LogP contribution in [0.1, 0.15) is 36.4 Å². The summed E-state index contributed by atoms with van der Waals surface area (Å²) in [4.78, 5) is 17.8. The Morgan fingerprint density at radius 3 is 2.58 bits per heavy atom. The van der Waals surface area contributed by atoms with Gasteiger partial charge in [-0.2, -0.15) is 18.2 Å². The Morgan fingerprint density at radius 1 is 1.26 bits per heavy atom. The van der Waals surface area contributed by atoms with Crippen molar-refractivity contribution in [3.8, 4) is 0 Å². The van der Waals surface area contributed by atoms with E-state index >= 15 is 0 Å². The van der Waals surface area contributed by atoms with Gasteiger partial charge in [0.2, 0.25) is 0 Å². The van der Waals surface area contributed by atoms with Crippen LogP contribution in [0.2, 0.25) is 0 Å². The lowest BCUT2D eigenvalue weighted by atomic mass is 9.81. The smallest absolute Gasteiger partial charge is 0.309 e. The molecular weight excluding hydrogens is 257 g/mol. The predicted molar refractivity (Wildman–Crippen MR) is 64.0 cm³/mol. The maximum absolute atomic E-state index is 12.7. The lowest BCUT2D eigenvalue weighted by Gasteiger charge is -2.26. The molecule has 19 heavy (non-hydrogen) atoms. The van der Waals surface area contributed by atoms with Crippen LogP contribution < -0.4 is 5.69 Å². The van der Waals surface area contributed by atoms with Crippen molar-refractivity contribution in [2.45, 2.75) is 31.4 Å². The topological polar surface area (TPSA) is 45.8 Å². The van der Waals surface area contributed by atoms with Crippen molar-refractivity contribution in [3.05, 3.63) is 39.9 Å². The molecule has 3 nitrogen and oxygen atoms in total. The highest BCUT2D eigenvalue weighted by molar-refractivity contribution is 5.82. The van der Waals surface area contributed by atoms with E-state index in [4.69, 9.17) is 0 Å². The fourth-order valence-corrected chi connectivity index (χ4v) is 2.36. The average molecular weight is 268 g/mol. The number of hydrogen-bond donors (Lipinski definition) is 1. The van der Waals surface area contributed by atoms with Crippen LogP contribution in [0.5, 0.6) is 0 Å². The first-order chi connectivity index (χ1) is 8.95. The zero-order chi connectivity index (χ0) is 13.6. The van der Waals surface area contributed by atoms with Crippen LogP contribution in [0.25, 0.3) is 10.9 Å². The van der Waals surface area contributed by atoms with E-state index in [9.17, 15) is 18.0 Å². The van der Waals surface area contributed by atoms with Gasteiger partial charge in [-0.25, -0.2) is 4.79 Å². The second kappa shape index (κ2) is 4.08. The van der Waals surface area contributed by atoms with E-state index in [1.807, 2.05) is 0 Å². The highest BCUT2D eigenvalue weighted by Gasteiger charge is 2.31. The number of aromatic amines is 1. The number of hydrogen-bond acceptors (Lipinski definition) is 2. The van der Waals surface area contributed by atoms with Gasteiger partial charge < -0.3 is 4.98 Å². The predicted octanol–water partition coefficient (Wildman–Crippen LogP) is 3.21. The standard InChI is InChI=1S/C13H11F3N2O/c14-13(15,16)8-4-5-10-9(6-8)11(7-2-1-3-7)18-12(19)17-10/h4-7H,1-3H2,(H,17,18,19). The van der Waals surface area contributed by atoms with Gasteiger partial charge in [-0.15, -0.1) is 0 Å². The molecule has 6 heteroatoms. The number of fused-ring (bicyclic) bond motifs is 1. The Kier molecular flexibility index (Phi) is 2.62. The average Bonchev–Trinajstić information content (AvgIpc) is 2.24. The molecule has 0 saturated heterocycles. The molecule has 0 atom stereocenters. The second-order valence-electron chi connectivity index (χ2n) is 4.81. The Bertz CT molecular complexity index is 686. The van der Waals surface area contributed by atoms with Crippen LogP contribution in [-0.2, 0) is 6.18 Å². The largest absolute Gasteiger partial charge is 0.416 e. The molecule has 0 bridgehead atoms. The number of rotatable bonds is 1. The van der Waals surface area contributed by atoms with Gasteiger partial charge in [-0.3, -0.25) is 0 Å². The molecule has 0 radical (unpaired) electrons. The van der Waals surface area contributed by atoms with Gasteiger partial charge in [0.25, 0.3) is 0 Å². The highest BCUT2D eigenvalue weighted by Crippen LogP contribution is 2.39. The fraction of sp³-hybridized carbons (Fsp3) is 0.385. The van der Waals surface area contributed by atoms with Gasteiger partial charge in [0, 0.05) is 11.1 Å². The minimum atomic E-state index is -4.39. The molecule has 1 aliphatic carbocycles. The van der Waals surface area contributed by atoms with Crippen molar-refractivity contribution in [1.82, 2.24) is 9.97 Å². The molecule has 1 aromatic heterocycles. The second-order valence-corrected chi connectivity index (χ2v) is 4.81. The van der Waals surface area contributed by atoms with Crippen LogP contribution in [0.4, 0.5) is 13.2 Å². The SMILES string of the molecule is O=c1nc2ccc(C(F)(F)F)cc2c(C2CCC2)[nH]1. The van der Waals surface area contributed by atoms with Crippen LogP contribution in [0, 0.1) is 0 Å². The van der Waals surface area contributed by atoms with E-state index in [0.29, 0.717) is 16.6 Å². The molecule has 3 rings (SSSR count). The van der Waals surface area contributed by atoms with E-state index < -0.39 is 17.4 Å². The molecule has 100 valence electrons. The van der Waals surface area contributed by atoms with Crippen LogP contribution in [0.15, 0.2) is 23.0 Å². The fourth-order valence-electron chi connectivity index (χ4n) is 2.36. The third-order valence-electron chi connectivity index (χ3n) is 3.59. The number of alkyl halides is 3. The van der Waals surface area contributed by atoms with Gasteiger partial charge in [0.1, 0.15) is 0 Å². The quantitative estimate of drug-likeness (QED) is 0.863. The first kappa shape index (κ1) is 12.2. The van der Waals surface area contributed by atoms with E-state index in [1.54, 1.807) is 0 Å². The maximum Gasteiger partial charge on any atom is 0.416 e. The summed E-state index contributed by atoms with van der Waals surface area (Å²) < 4.78 is 38.2. The van der Waals surface area contributed by atoms with Crippen molar-refractivity contribution in [3.63, 3.8) is 0 Å². The summed E-state index contributed by atoms with van der Waals surface area (Å²) in [6.07, 6.45) is -1.56. The van der Waals surface area contributed by atoms with E-state index in [0.717, 1.165) is 31.4 Å². The first-order valence-electron chi connectivity index (χ1n) is 6.06. The Balaban J connectivity index is 2.24. The maximum atomic E-state index is 12.7. The number of nitrogens with zero attached hydrogens (tertiary/aromatic N) is 1. The Morgan fingerprint density at radius 2 is 2.00 bits per heavy atom. The van der Waals surface area contributed by atoms with E-state index in [-0.39, 0.29) is 5.92 Å². The van der Waals surface area contributed by atoms with Gasteiger partial charge in [0.05, 0.1) is 11.1 Å². The van der Waals surface area contributed by atoms with Gasteiger partial charge >= 0.3 is 11.9 Å². The Labute approximate surface area is 106 Å². The number of aromatic nitrogens is 2. The molecule has 2 aromatic rings. The third-order valence-corrected chi connectivity index (χ3v) is 3.59. The first-order valence-corrected chi connectivity index (χ1v) is 6.06. The van der Waals surface area contributed by atoms with Crippen molar-refractivity contribution in [1.29, 1.82) is 0 Å². The van der Waals surface area contributed by atoms with Crippen LogP contribution >= 0.6 is 0 Å². The number of H-pyrrole nitrogens is 1. The molecule has 1 aliphatic rings. The van der Waals surface area contributed by atoms with Gasteiger partial charge in [-0.05, 0) is 37.0 Å². The summed E-state index contributed by atoms with van der Waals surface area (Å²) in [6, 6.07) is 3.29. The van der Waals surface area contributed by atoms with Crippen molar-refractivity contribution in [2.75, 3.05) is 0 Å².